The summed E-state index contributed by atoms with van der Waals surface area (Å²) in [6, 6.07) is 0. The van der Waals surface area contributed by atoms with Gasteiger partial charge in [0.05, 0.1) is 19.0 Å². The first-order valence-corrected chi connectivity index (χ1v) is 7.06. The summed E-state index contributed by atoms with van der Waals surface area (Å²) in [4.78, 5) is 36.8. The van der Waals surface area contributed by atoms with Crippen LogP contribution in [0.2, 0.25) is 0 Å². The normalized spacial score (nSPS) is 14.6. The maximum absolute atomic E-state index is 11.9. The Kier molecular flexibility index (Phi) is 5.88. The van der Waals surface area contributed by atoms with Crippen molar-refractivity contribution >= 4 is 29.6 Å². The van der Waals surface area contributed by atoms with Crippen LogP contribution in [0.3, 0.4) is 0 Å². The average molecular weight is 287 g/mol. The molecule has 6 nitrogen and oxygen atoms in total. The zero-order valence-electron chi connectivity index (χ0n) is 11.2. The monoisotopic (exact) mass is 287 g/mol. The number of esters is 2. The van der Waals surface area contributed by atoms with Crippen molar-refractivity contribution < 1.29 is 23.9 Å². The summed E-state index contributed by atoms with van der Waals surface area (Å²) >= 11 is 1.15. The molecule has 0 N–H and O–H groups in total. The van der Waals surface area contributed by atoms with E-state index < -0.39 is 11.9 Å². The van der Waals surface area contributed by atoms with E-state index in [9.17, 15) is 14.4 Å². The van der Waals surface area contributed by atoms with Crippen molar-refractivity contribution in [1.82, 2.24) is 4.90 Å². The second kappa shape index (κ2) is 7.18. The van der Waals surface area contributed by atoms with Crippen molar-refractivity contribution in [2.75, 3.05) is 25.5 Å². The molecule has 0 atom stereocenters. The van der Waals surface area contributed by atoms with E-state index in [0.29, 0.717) is 11.6 Å². The summed E-state index contributed by atoms with van der Waals surface area (Å²) in [5, 5.41) is 0.324. The van der Waals surface area contributed by atoms with Crippen molar-refractivity contribution in [3.8, 4) is 0 Å². The van der Waals surface area contributed by atoms with Crippen LogP contribution in [0.25, 0.3) is 0 Å². The lowest BCUT2D eigenvalue weighted by molar-refractivity contribution is -0.146. The van der Waals surface area contributed by atoms with Crippen LogP contribution in [0.1, 0.15) is 20.8 Å². The van der Waals surface area contributed by atoms with Crippen LogP contribution in [-0.2, 0) is 23.9 Å². The van der Waals surface area contributed by atoms with Gasteiger partial charge < -0.3 is 14.4 Å². The summed E-state index contributed by atoms with van der Waals surface area (Å²) in [6.45, 7) is 5.77. The summed E-state index contributed by atoms with van der Waals surface area (Å²) in [5.74, 6) is -1.42. The number of hydrogen-bond donors (Lipinski definition) is 0. The molecule has 0 radical (unpaired) electrons. The number of ether oxygens (including phenoxy) is 2. The first kappa shape index (κ1) is 15.6. The molecule has 0 unspecified atom stereocenters. The molecule has 1 heterocycles. The van der Waals surface area contributed by atoms with Crippen molar-refractivity contribution in [2.45, 2.75) is 20.8 Å². The summed E-state index contributed by atoms with van der Waals surface area (Å²) in [6.07, 6.45) is 0. The third-order valence-electron chi connectivity index (χ3n) is 2.37. The minimum Gasteiger partial charge on any atom is -0.462 e. The lowest BCUT2D eigenvalue weighted by Gasteiger charge is -2.17. The van der Waals surface area contributed by atoms with Gasteiger partial charge in [-0.3, -0.25) is 4.79 Å². The number of carbonyl (C=O) groups is 3. The molecule has 1 amide bonds. The molecule has 1 aliphatic rings. The molecular weight excluding hydrogens is 270 g/mol. The molecule has 0 bridgehead atoms. The highest BCUT2D eigenvalue weighted by atomic mass is 32.2. The lowest BCUT2D eigenvalue weighted by Crippen LogP contribution is -2.29. The number of thioether (sulfide) groups is 1. The number of amides is 1. The second-order valence-corrected chi connectivity index (χ2v) is 4.51. The van der Waals surface area contributed by atoms with Gasteiger partial charge in [-0.2, -0.15) is 0 Å². The maximum Gasteiger partial charge on any atom is 0.348 e. The molecule has 7 heteroatoms. The Morgan fingerprint density at radius 2 is 1.68 bits per heavy atom. The quantitative estimate of drug-likeness (QED) is 0.324. The van der Waals surface area contributed by atoms with Gasteiger partial charge >= 0.3 is 11.9 Å². The van der Waals surface area contributed by atoms with Crippen LogP contribution in [0.5, 0.6) is 0 Å². The van der Waals surface area contributed by atoms with Crippen LogP contribution >= 0.6 is 11.8 Å². The Labute approximate surface area is 116 Å². The Morgan fingerprint density at radius 1 is 1.16 bits per heavy atom. The molecule has 1 fully saturated rings. The zero-order valence-corrected chi connectivity index (χ0v) is 12.0. The van der Waals surface area contributed by atoms with Crippen LogP contribution in [0.4, 0.5) is 0 Å². The summed E-state index contributed by atoms with van der Waals surface area (Å²) < 4.78 is 9.73. The van der Waals surface area contributed by atoms with Crippen molar-refractivity contribution in [2.24, 2.45) is 0 Å². The molecule has 0 aromatic carbocycles. The van der Waals surface area contributed by atoms with E-state index in [0.717, 1.165) is 11.8 Å². The van der Waals surface area contributed by atoms with E-state index in [-0.39, 0.29) is 30.4 Å². The van der Waals surface area contributed by atoms with Crippen LogP contribution in [0.15, 0.2) is 10.6 Å². The fourth-order valence-electron chi connectivity index (χ4n) is 1.59. The van der Waals surface area contributed by atoms with E-state index in [1.54, 1.807) is 20.8 Å². The SMILES string of the molecule is CCOC(=O)C(C(=O)OCC)=C1SCC(=O)N1CC. The topological polar surface area (TPSA) is 72.9 Å². The highest BCUT2D eigenvalue weighted by Gasteiger charge is 2.35. The number of hydrogen-bond acceptors (Lipinski definition) is 6. The van der Waals surface area contributed by atoms with Crippen molar-refractivity contribution in [1.29, 1.82) is 0 Å². The van der Waals surface area contributed by atoms with Gasteiger partial charge in [0.15, 0.2) is 5.57 Å². The van der Waals surface area contributed by atoms with Gasteiger partial charge in [-0.25, -0.2) is 9.59 Å². The highest BCUT2D eigenvalue weighted by molar-refractivity contribution is 8.04. The van der Waals surface area contributed by atoms with E-state index in [4.69, 9.17) is 9.47 Å². The minimum absolute atomic E-state index is 0.131. The van der Waals surface area contributed by atoms with Gasteiger partial charge in [0, 0.05) is 6.54 Å². The first-order chi connectivity index (χ1) is 9.06. The standard InChI is InChI=1S/C12H17NO5S/c1-4-13-8(14)7-19-10(13)9(11(15)17-5-2)12(16)18-6-3/h4-7H2,1-3H3. The number of rotatable bonds is 5. The third-order valence-corrected chi connectivity index (χ3v) is 3.46. The van der Waals surface area contributed by atoms with Gasteiger partial charge in [-0.15, -0.1) is 0 Å². The molecule has 106 valence electrons. The third kappa shape index (κ3) is 3.50. The fraction of sp³-hybridized carbons (Fsp3) is 0.583. The smallest absolute Gasteiger partial charge is 0.348 e. The van der Waals surface area contributed by atoms with E-state index in [1.807, 2.05) is 0 Å². The van der Waals surface area contributed by atoms with Crippen LogP contribution in [0, 0.1) is 0 Å². The molecule has 0 aromatic rings. The van der Waals surface area contributed by atoms with Gasteiger partial charge in [0.25, 0.3) is 0 Å². The molecule has 0 aromatic heterocycles. The molecule has 0 saturated carbocycles. The minimum atomic E-state index is -0.753. The molecular formula is C12H17NO5S. The van der Waals surface area contributed by atoms with Gasteiger partial charge in [0.2, 0.25) is 5.91 Å². The average Bonchev–Trinajstić information content (AvgIpc) is 2.71. The van der Waals surface area contributed by atoms with Crippen molar-refractivity contribution in [3.63, 3.8) is 0 Å². The van der Waals surface area contributed by atoms with E-state index in [1.165, 1.54) is 4.90 Å². The predicted octanol–water partition coefficient (Wildman–Crippen LogP) is 0.919. The molecule has 19 heavy (non-hydrogen) atoms. The number of carbonyl (C=O) groups excluding carboxylic acids is 3. The van der Waals surface area contributed by atoms with E-state index in [2.05, 4.69) is 0 Å². The van der Waals surface area contributed by atoms with Crippen LogP contribution < -0.4 is 0 Å². The largest absolute Gasteiger partial charge is 0.462 e. The molecule has 1 aliphatic heterocycles. The fourth-order valence-corrected chi connectivity index (χ4v) is 2.70. The Morgan fingerprint density at radius 3 is 2.11 bits per heavy atom. The van der Waals surface area contributed by atoms with Crippen LogP contribution in [-0.4, -0.2) is 48.3 Å². The predicted molar refractivity (Wildman–Crippen MR) is 70.1 cm³/mol. The Hall–Kier alpha value is -1.50. The van der Waals surface area contributed by atoms with Crippen molar-refractivity contribution in [3.05, 3.63) is 10.6 Å². The summed E-state index contributed by atoms with van der Waals surface area (Å²) in [7, 11) is 0. The zero-order chi connectivity index (χ0) is 14.4. The van der Waals surface area contributed by atoms with E-state index >= 15 is 0 Å². The molecule has 1 rings (SSSR count). The molecule has 0 aliphatic carbocycles. The first-order valence-electron chi connectivity index (χ1n) is 6.08. The maximum atomic E-state index is 11.9. The Balaban J connectivity index is 3.17. The second-order valence-electron chi connectivity index (χ2n) is 3.55. The molecule has 1 saturated heterocycles. The van der Waals surface area contributed by atoms with Gasteiger partial charge in [-0.1, -0.05) is 11.8 Å². The number of nitrogens with zero attached hydrogens (tertiary/aromatic N) is 1. The van der Waals surface area contributed by atoms with Gasteiger partial charge in [0.1, 0.15) is 5.03 Å². The highest BCUT2D eigenvalue weighted by Crippen LogP contribution is 2.32. The van der Waals surface area contributed by atoms with Gasteiger partial charge in [-0.05, 0) is 20.8 Å². The molecule has 0 spiro atoms. The Bertz CT molecular complexity index is 398. The lowest BCUT2D eigenvalue weighted by atomic mass is 10.2. The summed E-state index contributed by atoms with van der Waals surface area (Å²) in [5.41, 5.74) is -0.193.